The summed E-state index contributed by atoms with van der Waals surface area (Å²) in [5, 5.41) is 6.98. The number of nitrogens with one attached hydrogen (secondary N) is 1. The van der Waals surface area contributed by atoms with Gasteiger partial charge in [-0.2, -0.15) is 0 Å². The molecule has 3 heterocycles. The minimum atomic E-state index is -0.429. The lowest BCUT2D eigenvalue weighted by molar-refractivity contribution is 0.0935. The molecule has 1 aliphatic carbocycles. The van der Waals surface area contributed by atoms with E-state index in [0.717, 1.165) is 62.9 Å². The van der Waals surface area contributed by atoms with E-state index in [1.165, 1.54) is 12.4 Å². The molecule has 1 N–H and O–H groups in total. The Balaban J connectivity index is 1.28. The van der Waals surface area contributed by atoms with Gasteiger partial charge in [-0.15, -0.1) is 0 Å². The summed E-state index contributed by atoms with van der Waals surface area (Å²) >= 11 is 0. The van der Waals surface area contributed by atoms with Crippen molar-refractivity contribution in [3.05, 3.63) is 35.2 Å². The number of carbonyl (C=O) groups excluding carboxylic acids is 1. The fraction of sp³-hybridized carbons (Fsp3) is 0.556. The maximum absolute atomic E-state index is 12.9. The van der Waals surface area contributed by atoms with E-state index < -0.39 is 5.82 Å². The number of piperidine rings is 1. The summed E-state index contributed by atoms with van der Waals surface area (Å²) in [4.78, 5) is 22.5. The van der Waals surface area contributed by atoms with Crippen LogP contribution < -0.4 is 10.2 Å². The molecule has 2 aliphatic rings. The molecule has 1 amide bonds. The van der Waals surface area contributed by atoms with Gasteiger partial charge in [-0.3, -0.25) is 4.79 Å². The topological polar surface area (TPSA) is 84.2 Å². The Bertz CT molecular complexity index is 768. The third kappa shape index (κ3) is 3.54. The molecular formula is C18H22FN5O2. The molecule has 1 fully saturated rings. The van der Waals surface area contributed by atoms with Gasteiger partial charge in [0, 0.05) is 31.6 Å². The first-order valence-electron chi connectivity index (χ1n) is 9.19. The number of carbonyl (C=O) groups is 1. The van der Waals surface area contributed by atoms with Crippen LogP contribution in [0.3, 0.4) is 0 Å². The van der Waals surface area contributed by atoms with Crippen LogP contribution in [0.5, 0.6) is 0 Å². The highest BCUT2D eigenvalue weighted by Crippen LogP contribution is 2.24. The second-order valence-electron chi connectivity index (χ2n) is 6.98. The minimum Gasteiger partial charge on any atom is -0.360 e. The van der Waals surface area contributed by atoms with Crippen molar-refractivity contribution in [2.75, 3.05) is 24.5 Å². The molecule has 0 bridgehead atoms. The van der Waals surface area contributed by atoms with Crippen LogP contribution in [0.1, 0.15) is 47.5 Å². The number of aryl methyl sites for hydroxylation is 1. The van der Waals surface area contributed by atoms with Gasteiger partial charge in [-0.05, 0) is 38.0 Å². The van der Waals surface area contributed by atoms with Crippen molar-refractivity contribution < 1.29 is 13.7 Å². The van der Waals surface area contributed by atoms with E-state index in [9.17, 15) is 9.18 Å². The lowest BCUT2D eigenvalue weighted by Gasteiger charge is -2.31. The average Bonchev–Trinajstić information content (AvgIpc) is 3.11. The summed E-state index contributed by atoms with van der Waals surface area (Å²) in [6.45, 7) is 2.22. The Morgan fingerprint density at radius 1 is 1.23 bits per heavy atom. The Labute approximate surface area is 151 Å². The predicted molar refractivity (Wildman–Crippen MR) is 92.4 cm³/mol. The molecule has 0 radical (unpaired) electrons. The molecule has 26 heavy (non-hydrogen) atoms. The Kier molecular flexibility index (Phi) is 4.81. The molecule has 0 aromatic carbocycles. The van der Waals surface area contributed by atoms with Gasteiger partial charge in [0.1, 0.15) is 5.76 Å². The number of nitrogens with zero attached hydrogens (tertiary/aromatic N) is 4. The first-order chi connectivity index (χ1) is 12.7. The smallest absolute Gasteiger partial charge is 0.273 e. The van der Waals surface area contributed by atoms with Crippen molar-refractivity contribution in [3.63, 3.8) is 0 Å². The van der Waals surface area contributed by atoms with Crippen LogP contribution in [0, 0.1) is 11.7 Å². The van der Waals surface area contributed by atoms with Gasteiger partial charge in [-0.1, -0.05) is 5.16 Å². The van der Waals surface area contributed by atoms with Crippen molar-refractivity contribution in [3.8, 4) is 0 Å². The maximum Gasteiger partial charge on any atom is 0.273 e. The Morgan fingerprint density at radius 2 is 1.96 bits per heavy atom. The molecule has 8 heteroatoms. The third-order valence-electron chi connectivity index (χ3n) is 5.22. The van der Waals surface area contributed by atoms with Crippen LogP contribution in [-0.2, 0) is 12.8 Å². The molecule has 0 spiro atoms. The normalized spacial score (nSPS) is 17.8. The Morgan fingerprint density at radius 3 is 2.73 bits per heavy atom. The van der Waals surface area contributed by atoms with Gasteiger partial charge in [0.05, 0.1) is 12.4 Å². The van der Waals surface area contributed by atoms with Crippen molar-refractivity contribution in [1.29, 1.82) is 0 Å². The molecule has 138 valence electrons. The summed E-state index contributed by atoms with van der Waals surface area (Å²) in [6.07, 6.45) is 8.16. The number of aromatic nitrogens is 3. The summed E-state index contributed by atoms with van der Waals surface area (Å²) in [7, 11) is 0. The van der Waals surface area contributed by atoms with E-state index >= 15 is 0 Å². The van der Waals surface area contributed by atoms with Crippen LogP contribution >= 0.6 is 0 Å². The molecular weight excluding hydrogens is 337 g/mol. The van der Waals surface area contributed by atoms with Crippen LogP contribution in [0.2, 0.25) is 0 Å². The highest BCUT2D eigenvalue weighted by Gasteiger charge is 2.25. The first-order valence-corrected chi connectivity index (χ1v) is 9.19. The number of halogens is 1. The second kappa shape index (κ2) is 7.39. The van der Waals surface area contributed by atoms with E-state index in [0.29, 0.717) is 24.1 Å². The van der Waals surface area contributed by atoms with Crippen LogP contribution in [0.15, 0.2) is 16.9 Å². The number of hydrogen-bond donors (Lipinski definition) is 1. The summed E-state index contributed by atoms with van der Waals surface area (Å²) in [6, 6.07) is 0. The Hall–Kier alpha value is -2.51. The molecule has 0 atom stereocenters. The zero-order valence-corrected chi connectivity index (χ0v) is 14.6. The van der Waals surface area contributed by atoms with Crippen molar-refractivity contribution in [2.45, 2.75) is 38.5 Å². The molecule has 2 aromatic rings. The lowest BCUT2D eigenvalue weighted by Crippen LogP contribution is -2.39. The third-order valence-corrected chi connectivity index (χ3v) is 5.22. The fourth-order valence-corrected chi connectivity index (χ4v) is 3.69. The molecule has 1 aliphatic heterocycles. The van der Waals surface area contributed by atoms with E-state index in [1.807, 2.05) is 4.90 Å². The average molecular weight is 359 g/mol. The highest BCUT2D eigenvalue weighted by molar-refractivity contribution is 5.93. The van der Waals surface area contributed by atoms with Gasteiger partial charge in [0.2, 0.25) is 5.95 Å². The second-order valence-corrected chi connectivity index (χ2v) is 6.98. The zero-order chi connectivity index (χ0) is 17.9. The van der Waals surface area contributed by atoms with E-state index in [2.05, 4.69) is 20.4 Å². The van der Waals surface area contributed by atoms with Gasteiger partial charge >= 0.3 is 0 Å². The SMILES string of the molecule is O=C(NCC1CCN(c2ncc(F)cn2)CC1)c1noc2c1CCCC2. The van der Waals surface area contributed by atoms with Gasteiger partial charge in [0.25, 0.3) is 5.91 Å². The van der Waals surface area contributed by atoms with Crippen molar-refractivity contribution in [1.82, 2.24) is 20.4 Å². The predicted octanol–water partition coefficient (Wildman–Crippen LogP) is 2.13. The van der Waals surface area contributed by atoms with Gasteiger partial charge < -0.3 is 14.7 Å². The highest BCUT2D eigenvalue weighted by atomic mass is 19.1. The number of rotatable bonds is 4. The fourth-order valence-electron chi connectivity index (χ4n) is 3.69. The molecule has 4 rings (SSSR count). The maximum atomic E-state index is 12.9. The summed E-state index contributed by atoms with van der Waals surface area (Å²) in [5.74, 6) is 1.26. The first kappa shape index (κ1) is 16.9. The number of anilines is 1. The van der Waals surface area contributed by atoms with Crippen LogP contribution in [-0.4, -0.2) is 40.7 Å². The van der Waals surface area contributed by atoms with E-state index in [4.69, 9.17) is 4.52 Å². The van der Waals surface area contributed by atoms with Gasteiger partial charge in [0.15, 0.2) is 11.5 Å². The van der Waals surface area contributed by atoms with E-state index in [-0.39, 0.29) is 5.91 Å². The molecule has 7 nitrogen and oxygen atoms in total. The quantitative estimate of drug-likeness (QED) is 0.900. The summed E-state index contributed by atoms with van der Waals surface area (Å²) in [5.41, 5.74) is 1.44. The van der Waals surface area contributed by atoms with E-state index in [1.54, 1.807) is 0 Å². The van der Waals surface area contributed by atoms with Crippen LogP contribution in [0.25, 0.3) is 0 Å². The summed E-state index contributed by atoms with van der Waals surface area (Å²) < 4.78 is 18.2. The van der Waals surface area contributed by atoms with Crippen LogP contribution in [0.4, 0.5) is 10.3 Å². The van der Waals surface area contributed by atoms with Crippen molar-refractivity contribution >= 4 is 11.9 Å². The molecule has 1 saturated heterocycles. The lowest BCUT2D eigenvalue weighted by atomic mass is 9.95. The minimum absolute atomic E-state index is 0.138. The molecule has 2 aromatic heterocycles. The number of hydrogen-bond acceptors (Lipinski definition) is 6. The zero-order valence-electron chi connectivity index (χ0n) is 14.6. The molecule has 0 saturated carbocycles. The monoisotopic (exact) mass is 359 g/mol. The number of amides is 1. The van der Waals surface area contributed by atoms with Crippen molar-refractivity contribution in [2.24, 2.45) is 5.92 Å². The standard InChI is InChI=1S/C18H22FN5O2/c19-13-10-21-18(22-11-13)24-7-5-12(6-8-24)9-20-17(25)16-14-3-1-2-4-15(14)26-23-16/h10-12H,1-9H2,(H,20,25). The van der Waals surface area contributed by atoms with Gasteiger partial charge in [-0.25, -0.2) is 14.4 Å². The number of fused-ring (bicyclic) bond motifs is 1. The molecule has 0 unspecified atom stereocenters. The largest absolute Gasteiger partial charge is 0.360 e.